The Morgan fingerprint density at radius 1 is 1.47 bits per heavy atom. The van der Waals surface area contributed by atoms with Crippen LogP contribution < -0.4 is 0 Å². The summed E-state index contributed by atoms with van der Waals surface area (Å²) in [7, 11) is 1.72. The molecule has 1 N–H and O–H groups in total. The molecule has 0 saturated heterocycles. The number of hydrogen-bond acceptors (Lipinski definition) is 4. The van der Waals surface area contributed by atoms with E-state index in [0.717, 1.165) is 24.8 Å². The summed E-state index contributed by atoms with van der Waals surface area (Å²) in [5.41, 5.74) is 1.43. The van der Waals surface area contributed by atoms with E-state index in [4.69, 9.17) is 9.84 Å². The van der Waals surface area contributed by atoms with Gasteiger partial charge in [0.05, 0.1) is 23.2 Å². The Morgan fingerprint density at radius 2 is 2.32 bits per heavy atom. The lowest BCUT2D eigenvalue weighted by molar-refractivity contribution is 0.0699. The summed E-state index contributed by atoms with van der Waals surface area (Å²) in [6, 6.07) is 5.38. The van der Waals surface area contributed by atoms with Gasteiger partial charge in [-0.2, -0.15) is 0 Å². The van der Waals surface area contributed by atoms with Crippen LogP contribution in [0.1, 0.15) is 35.7 Å². The first-order chi connectivity index (χ1) is 9.20. The van der Waals surface area contributed by atoms with Gasteiger partial charge in [-0.3, -0.25) is 0 Å². The van der Waals surface area contributed by atoms with Gasteiger partial charge in [0.25, 0.3) is 0 Å². The second kappa shape index (κ2) is 4.62. The third-order valence-electron chi connectivity index (χ3n) is 3.77. The summed E-state index contributed by atoms with van der Waals surface area (Å²) in [5, 5.41) is 17.3. The van der Waals surface area contributed by atoms with E-state index >= 15 is 0 Å². The molecule has 0 bridgehead atoms. The molecule has 1 aromatic carbocycles. The average Bonchev–Trinajstić information content (AvgIpc) is 3.03. The fraction of sp³-hybridized carbons (Fsp3) is 0.462. The minimum Gasteiger partial charge on any atom is -0.478 e. The van der Waals surface area contributed by atoms with Gasteiger partial charge in [0.2, 0.25) is 0 Å². The van der Waals surface area contributed by atoms with E-state index in [1.165, 1.54) is 0 Å². The molecule has 0 spiro atoms. The van der Waals surface area contributed by atoms with Gasteiger partial charge in [0.1, 0.15) is 5.52 Å². The molecule has 1 fully saturated rings. The van der Waals surface area contributed by atoms with Gasteiger partial charge in [0, 0.05) is 7.11 Å². The molecule has 1 saturated carbocycles. The maximum Gasteiger partial charge on any atom is 0.338 e. The molecular formula is C13H15N3O3. The Hall–Kier alpha value is -1.95. The number of methoxy groups -OCH3 is 1. The lowest BCUT2D eigenvalue weighted by Crippen LogP contribution is -2.10. The number of aromatic nitrogens is 3. The van der Waals surface area contributed by atoms with Crippen LogP contribution in [-0.2, 0) is 4.74 Å². The zero-order valence-electron chi connectivity index (χ0n) is 10.6. The Morgan fingerprint density at radius 3 is 3.00 bits per heavy atom. The van der Waals surface area contributed by atoms with E-state index in [0.29, 0.717) is 5.52 Å². The van der Waals surface area contributed by atoms with Gasteiger partial charge in [0.15, 0.2) is 0 Å². The molecule has 1 aromatic heterocycles. The Balaban J connectivity index is 2.02. The maximum atomic E-state index is 11.1. The molecule has 1 heterocycles. The standard InChI is InChI=1S/C13H15N3O3/c1-19-9-6-5-8(7-9)16-11-4-2-3-10(13(17)18)12(11)14-15-16/h2-4,8-9H,5-7H2,1H3,(H,17,18). The van der Waals surface area contributed by atoms with Crippen molar-refractivity contribution in [2.24, 2.45) is 0 Å². The number of carboxylic acids is 1. The number of benzene rings is 1. The predicted octanol–water partition coefficient (Wildman–Crippen LogP) is 1.87. The first-order valence-electron chi connectivity index (χ1n) is 6.30. The van der Waals surface area contributed by atoms with Gasteiger partial charge >= 0.3 is 5.97 Å². The lowest BCUT2D eigenvalue weighted by Gasteiger charge is -2.11. The van der Waals surface area contributed by atoms with Crippen LogP contribution in [0.3, 0.4) is 0 Å². The summed E-state index contributed by atoms with van der Waals surface area (Å²) >= 11 is 0. The Labute approximate surface area is 110 Å². The van der Waals surface area contributed by atoms with Crippen molar-refractivity contribution in [2.45, 2.75) is 31.4 Å². The topological polar surface area (TPSA) is 77.2 Å². The fourth-order valence-electron chi connectivity index (χ4n) is 2.76. The molecule has 0 aliphatic heterocycles. The van der Waals surface area contributed by atoms with Crippen LogP contribution in [0, 0.1) is 0 Å². The van der Waals surface area contributed by atoms with E-state index in [9.17, 15) is 4.79 Å². The second-order valence-corrected chi connectivity index (χ2v) is 4.84. The maximum absolute atomic E-state index is 11.1. The average molecular weight is 261 g/mol. The highest BCUT2D eigenvalue weighted by Crippen LogP contribution is 2.33. The molecule has 6 heteroatoms. The quantitative estimate of drug-likeness (QED) is 0.912. The molecule has 0 radical (unpaired) electrons. The number of carbonyl (C=O) groups is 1. The van der Waals surface area contributed by atoms with Crippen molar-refractivity contribution < 1.29 is 14.6 Å². The molecule has 2 atom stereocenters. The van der Waals surface area contributed by atoms with Gasteiger partial charge in [-0.15, -0.1) is 5.10 Å². The number of ether oxygens (including phenoxy) is 1. The van der Waals surface area contributed by atoms with Gasteiger partial charge in [-0.05, 0) is 31.4 Å². The number of fused-ring (bicyclic) bond motifs is 1. The Kier molecular flexibility index (Phi) is 2.94. The third kappa shape index (κ3) is 1.98. The second-order valence-electron chi connectivity index (χ2n) is 4.84. The summed E-state index contributed by atoms with van der Waals surface area (Å²) in [6.45, 7) is 0. The van der Waals surface area contributed by atoms with E-state index in [-0.39, 0.29) is 17.7 Å². The van der Waals surface area contributed by atoms with Crippen molar-refractivity contribution in [3.05, 3.63) is 23.8 Å². The number of rotatable bonds is 3. The fourth-order valence-corrected chi connectivity index (χ4v) is 2.76. The SMILES string of the molecule is COC1CCC(n2nnc3c(C(=O)O)cccc32)C1. The number of nitrogens with zero attached hydrogens (tertiary/aromatic N) is 3. The summed E-state index contributed by atoms with van der Waals surface area (Å²) in [5.74, 6) is -0.973. The molecule has 100 valence electrons. The largest absolute Gasteiger partial charge is 0.478 e. The van der Waals surface area contributed by atoms with Crippen LogP contribution in [0.25, 0.3) is 11.0 Å². The molecule has 0 amide bonds. The Bertz CT molecular complexity index is 623. The summed E-state index contributed by atoms with van der Waals surface area (Å²) in [6.07, 6.45) is 3.13. The monoisotopic (exact) mass is 261 g/mol. The van der Waals surface area contributed by atoms with E-state index < -0.39 is 5.97 Å². The van der Waals surface area contributed by atoms with Crippen molar-refractivity contribution in [2.75, 3.05) is 7.11 Å². The van der Waals surface area contributed by atoms with Gasteiger partial charge < -0.3 is 9.84 Å². The van der Waals surface area contributed by atoms with E-state index in [2.05, 4.69) is 10.3 Å². The van der Waals surface area contributed by atoms with Crippen LogP contribution in [0.15, 0.2) is 18.2 Å². The first-order valence-corrected chi connectivity index (χ1v) is 6.30. The van der Waals surface area contributed by atoms with E-state index in [1.807, 2.05) is 10.7 Å². The van der Waals surface area contributed by atoms with Gasteiger partial charge in [-0.1, -0.05) is 11.3 Å². The van der Waals surface area contributed by atoms with Crippen molar-refractivity contribution in [1.29, 1.82) is 0 Å². The van der Waals surface area contributed by atoms with Crippen molar-refractivity contribution in [3.63, 3.8) is 0 Å². The molecule has 1 aliphatic carbocycles. The van der Waals surface area contributed by atoms with Crippen LogP contribution in [-0.4, -0.2) is 39.3 Å². The number of hydrogen-bond donors (Lipinski definition) is 1. The molecule has 1 aliphatic rings. The number of carboxylic acid groups (broad SMARTS) is 1. The molecule has 2 aromatic rings. The van der Waals surface area contributed by atoms with E-state index in [1.54, 1.807) is 19.2 Å². The third-order valence-corrected chi connectivity index (χ3v) is 3.77. The van der Waals surface area contributed by atoms with Crippen molar-refractivity contribution in [3.8, 4) is 0 Å². The number of aromatic carboxylic acids is 1. The minimum absolute atomic E-state index is 0.199. The lowest BCUT2D eigenvalue weighted by atomic mass is 10.1. The highest BCUT2D eigenvalue weighted by molar-refractivity contribution is 6.00. The first kappa shape index (κ1) is 12.1. The zero-order chi connectivity index (χ0) is 13.4. The van der Waals surface area contributed by atoms with Crippen LogP contribution >= 0.6 is 0 Å². The van der Waals surface area contributed by atoms with Crippen molar-refractivity contribution >= 4 is 17.0 Å². The summed E-state index contributed by atoms with van der Waals surface area (Å²) in [4.78, 5) is 11.1. The van der Waals surface area contributed by atoms with Gasteiger partial charge in [-0.25, -0.2) is 9.48 Å². The molecule has 3 rings (SSSR count). The van der Waals surface area contributed by atoms with Crippen molar-refractivity contribution in [1.82, 2.24) is 15.0 Å². The smallest absolute Gasteiger partial charge is 0.338 e. The highest BCUT2D eigenvalue weighted by atomic mass is 16.5. The zero-order valence-corrected chi connectivity index (χ0v) is 10.6. The minimum atomic E-state index is -0.973. The molecule has 19 heavy (non-hydrogen) atoms. The summed E-state index contributed by atoms with van der Waals surface area (Å²) < 4.78 is 7.19. The molecular weight excluding hydrogens is 246 g/mol. The normalized spacial score (nSPS) is 23.0. The van der Waals surface area contributed by atoms with Crippen LogP contribution in [0.5, 0.6) is 0 Å². The molecule has 6 nitrogen and oxygen atoms in total. The van der Waals surface area contributed by atoms with Crippen LogP contribution in [0.4, 0.5) is 0 Å². The predicted molar refractivity (Wildman–Crippen MR) is 68.2 cm³/mol. The van der Waals surface area contributed by atoms with Crippen LogP contribution in [0.2, 0.25) is 0 Å². The molecule has 2 unspecified atom stereocenters. The highest BCUT2D eigenvalue weighted by Gasteiger charge is 2.28.